The Kier molecular flexibility index (Phi) is 9.19. The lowest BCUT2D eigenvalue weighted by atomic mass is 10.00. The summed E-state index contributed by atoms with van der Waals surface area (Å²) in [5, 5.41) is 0.974. The lowest BCUT2D eigenvalue weighted by Gasteiger charge is -2.08. The van der Waals surface area contributed by atoms with Crippen molar-refractivity contribution < 1.29 is 8.78 Å². The minimum Gasteiger partial charge on any atom is -0.358 e. The fourth-order valence-electron chi connectivity index (χ4n) is 3.28. The predicted molar refractivity (Wildman–Crippen MR) is 116 cm³/mol. The van der Waals surface area contributed by atoms with Gasteiger partial charge in [-0.2, -0.15) is 0 Å². The molecular weight excluding hydrogens is 352 g/mol. The molecule has 3 aromatic rings. The van der Waals surface area contributed by atoms with Crippen molar-refractivity contribution in [1.29, 1.82) is 0 Å². The van der Waals surface area contributed by atoms with Crippen LogP contribution in [0.3, 0.4) is 0 Å². The maximum absolute atomic E-state index is 13.1. The van der Waals surface area contributed by atoms with Crippen LogP contribution in [0.5, 0.6) is 0 Å². The molecule has 1 N–H and O–H groups in total. The number of rotatable bonds is 8. The molecule has 2 aromatic carbocycles. The van der Waals surface area contributed by atoms with Gasteiger partial charge >= 0.3 is 0 Å². The molecule has 0 saturated carbocycles. The van der Waals surface area contributed by atoms with Gasteiger partial charge in [-0.3, -0.25) is 0 Å². The number of aryl methyl sites for hydroxylation is 1. The highest BCUT2D eigenvalue weighted by atomic mass is 19.1. The van der Waals surface area contributed by atoms with Crippen molar-refractivity contribution in [2.24, 2.45) is 0 Å². The SMILES string of the molecule is CCCCCC(C)c1cc2cc(F)ccc2[nH]1.CCCCc1ccc(F)cc1. The molecule has 3 heteroatoms. The molecule has 1 aromatic heterocycles. The maximum atomic E-state index is 13.1. The van der Waals surface area contributed by atoms with Gasteiger partial charge in [-0.25, -0.2) is 8.78 Å². The van der Waals surface area contributed by atoms with Crippen molar-refractivity contribution in [1.82, 2.24) is 4.98 Å². The standard InChI is InChI=1S/C15H20FN.C10H13F/c1-3-4-5-6-11(2)15-10-12-9-13(16)7-8-14(12)17-15;1-2-3-4-9-5-7-10(11)8-6-9/h7-11,17H,3-6H2,1-2H3;5-8H,2-4H2,1H3. The summed E-state index contributed by atoms with van der Waals surface area (Å²) in [5.74, 6) is 0.212. The molecule has 3 rings (SSSR count). The number of halogens is 2. The summed E-state index contributed by atoms with van der Waals surface area (Å²) in [6.45, 7) is 6.61. The van der Waals surface area contributed by atoms with Gasteiger partial charge in [0.2, 0.25) is 0 Å². The molecule has 0 spiro atoms. The fourth-order valence-corrected chi connectivity index (χ4v) is 3.28. The molecule has 0 amide bonds. The Morgan fingerprint density at radius 3 is 2.18 bits per heavy atom. The Labute approximate surface area is 168 Å². The van der Waals surface area contributed by atoms with Crippen LogP contribution in [0, 0.1) is 11.6 Å². The highest BCUT2D eigenvalue weighted by Gasteiger charge is 2.09. The average molecular weight is 386 g/mol. The molecule has 0 aliphatic heterocycles. The molecule has 0 radical (unpaired) electrons. The monoisotopic (exact) mass is 385 g/mol. The number of H-pyrrole nitrogens is 1. The van der Waals surface area contributed by atoms with E-state index in [1.807, 2.05) is 18.2 Å². The van der Waals surface area contributed by atoms with Gasteiger partial charge in [-0.1, -0.05) is 58.6 Å². The highest BCUT2D eigenvalue weighted by Crippen LogP contribution is 2.25. The highest BCUT2D eigenvalue weighted by molar-refractivity contribution is 5.80. The third-order valence-corrected chi connectivity index (χ3v) is 5.11. The molecule has 1 atom stereocenters. The zero-order valence-electron chi connectivity index (χ0n) is 17.4. The number of nitrogens with one attached hydrogen (secondary N) is 1. The summed E-state index contributed by atoms with van der Waals surface area (Å²) in [7, 11) is 0. The van der Waals surface area contributed by atoms with Gasteiger partial charge < -0.3 is 4.98 Å². The van der Waals surface area contributed by atoms with Crippen molar-refractivity contribution in [2.75, 3.05) is 0 Å². The number of hydrogen-bond acceptors (Lipinski definition) is 0. The van der Waals surface area contributed by atoms with Gasteiger partial charge in [0.05, 0.1) is 0 Å². The number of fused-ring (bicyclic) bond motifs is 1. The van der Waals surface area contributed by atoms with Crippen molar-refractivity contribution in [3.8, 4) is 0 Å². The van der Waals surface area contributed by atoms with Crippen LogP contribution in [0.25, 0.3) is 10.9 Å². The molecule has 1 nitrogen and oxygen atoms in total. The van der Waals surface area contributed by atoms with E-state index in [2.05, 4.69) is 31.8 Å². The lowest BCUT2D eigenvalue weighted by Crippen LogP contribution is -1.93. The second-order valence-corrected chi connectivity index (χ2v) is 7.58. The van der Waals surface area contributed by atoms with Crippen LogP contribution in [0.1, 0.15) is 76.5 Å². The predicted octanol–water partition coefficient (Wildman–Crippen LogP) is 8.16. The van der Waals surface area contributed by atoms with Crippen molar-refractivity contribution in [3.63, 3.8) is 0 Å². The number of hydrogen-bond donors (Lipinski definition) is 1. The zero-order valence-corrected chi connectivity index (χ0v) is 17.4. The van der Waals surface area contributed by atoms with Gasteiger partial charge in [-0.05, 0) is 67.1 Å². The van der Waals surface area contributed by atoms with Crippen LogP contribution < -0.4 is 0 Å². The molecule has 0 saturated heterocycles. The minimum absolute atomic E-state index is 0.148. The molecule has 1 unspecified atom stereocenters. The molecule has 0 aliphatic rings. The topological polar surface area (TPSA) is 15.8 Å². The summed E-state index contributed by atoms with van der Waals surface area (Å²) in [6, 6.07) is 13.7. The van der Waals surface area contributed by atoms with E-state index in [-0.39, 0.29) is 11.6 Å². The van der Waals surface area contributed by atoms with E-state index in [0.717, 1.165) is 17.3 Å². The van der Waals surface area contributed by atoms with Crippen LogP contribution >= 0.6 is 0 Å². The Balaban J connectivity index is 0.000000221. The number of aromatic amines is 1. The normalized spacial score (nSPS) is 11.9. The number of unbranched alkanes of at least 4 members (excludes halogenated alkanes) is 3. The molecule has 1 heterocycles. The first kappa shape index (κ1) is 22.1. The summed E-state index contributed by atoms with van der Waals surface area (Å²) in [6.07, 6.45) is 8.45. The molecule has 152 valence electrons. The second-order valence-electron chi connectivity index (χ2n) is 7.58. The Morgan fingerprint density at radius 2 is 1.50 bits per heavy atom. The van der Waals surface area contributed by atoms with Crippen molar-refractivity contribution in [3.05, 3.63) is 71.4 Å². The van der Waals surface area contributed by atoms with Crippen LogP contribution in [0.15, 0.2) is 48.5 Å². The second kappa shape index (κ2) is 11.6. The van der Waals surface area contributed by atoms with Gasteiger partial charge in [0, 0.05) is 16.6 Å². The van der Waals surface area contributed by atoms with E-state index in [1.165, 1.54) is 68.0 Å². The molecule has 0 fully saturated rings. The fraction of sp³-hybridized carbons (Fsp3) is 0.440. The van der Waals surface area contributed by atoms with Crippen molar-refractivity contribution >= 4 is 10.9 Å². The van der Waals surface area contributed by atoms with E-state index >= 15 is 0 Å². The van der Waals surface area contributed by atoms with E-state index < -0.39 is 0 Å². The Bertz CT molecular complexity index is 820. The first-order valence-electron chi connectivity index (χ1n) is 10.6. The summed E-state index contributed by atoms with van der Waals surface area (Å²) < 4.78 is 25.5. The van der Waals surface area contributed by atoms with E-state index in [0.29, 0.717) is 5.92 Å². The van der Waals surface area contributed by atoms with Crippen LogP contribution in [-0.2, 0) is 6.42 Å². The Morgan fingerprint density at radius 1 is 0.821 bits per heavy atom. The van der Waals surface area contributed by atoms with E-state index in [1.54, 1.807) is 6.07 Å². The molecule has 0 aliphatic carbocycles. The smallest absolute Gasteiger partial charge is 0.123 e. The van der Waals surface area contributed by atoms with Crippen molar-refractivity contribution in [2.45, 2.75) is 71.6 Å². The molecular formula is C25H33F2N. The first-order chi connectivity index (χ1) is 13.5. The minimum atomic E-state index is -0.165. The molecule has 0 bridgehead atoms. The van der Waals surface area contributed by atoms with Gasteiger partial charge in [0.15, 0.2) is 0 Å². The van der Waals surface area contributed by atoms with Gasteiger partial charge in [0.25, 0.3) is 0 Å². The van der Waals surface area contributed by atoms with E-state index in [4.69, 9.17) is 0 Å². The van der Waals surface area contributed by atoms with Crippen LogP contribution in [0.2, 0.25) is 0 Å². The quantitative estimate of drug-likeness (QED) is 0.376. The summed E-state index contributed by atoms with van der Waals surface area (Å²) in [4.78, 5) is 3.38. The van der Waals surface area contributed by atoms with Crippen LogP contribution in [0.4, 0.5) is 8.78 Å². The summed E-state index contributed by atoms with van der Waals surface area (Å²) in [5.41, 5.74) is 3.48. The third kappa shape index (κ3) is 7.10. The van der Waals surface area contributed by atoms with Crippen LogP contribution in [-0.4, -0.2) is 4.98 Å². The zero-order chi connectivity index (χ0) is 20.4. The first-order valence-corrected chi connectivity index (χ1v) is 10.6. The average Bonchev–Trinajstić information content (AvgIpc) is 3.11. The third-order valence-electron chi connectivity index (χ3n) is 5.11. The van der Waals surface area contributed by atoms with Gasteiger partial charge in [0.1, 0.15) is 11.6 Å². The largest absolute Gasteiger partial charge is 0.358 e. The van der Waals surface area contributed by atoms with Gasteiger partial charge in [-0.15, -0.1) is 0 Å². The Hall–Kier alpha value is -2.16. The number of aromatic nitrogens is 1. The van der Waals surface area contributed by atoms with E-state index in [9.17, 15) is 8.78 Å². The molecule has 28 heavy (non-hydrogen) atoms. The number of benzene rings is 2. The maximum Gasteiger partial charge on any atom is 0.123 e. The lowest BCUT2D eigenvalue weighted by molar-refractivity contribution is 0.591. The summed E-state index contributed by atoms with van der Waals surface area (Å²) >= 11 is 0.